The van der Waals surface area contributed by atoms with E-state index in [-0.39, 0.29) is 41.2 Å². The molecular weight excluding hydrogens is 622 g/mol. The minimum absolute atomic E-state index is 0.0183. The van der Waals surface area contributed by atoms with Crippen LogP contribution in [-0.4, -0.2) is 50.9 Å². The Bertz CT molecular complexity index is 1730. The highest BCUT2D eigenvalue weighted by Crippen LogP contribution is 2.33. The van der Waals surface area contributed by atoms with Crippen molar-refractivity contribution in [3.8, 4) is 5.75 Å². The maximum Gasteiger partial charge on any atom is 0.264 e. The molecule has 0 radical (unpaired) electrons. The summed E-state index contributed by atoms with van der Waals surface area (Å²) in [5, 5.41) is 3.46. The molecule has 0 aliphatic carbocycles. The number of amides is 2. The summed E-state index contributed by atoms with van der Waals surface area (Å²) < 4.78 is 35.1. The number of ether oxygens (including phenoxy) is 1. The zero-order valence-electron chi connectivity index (χ0n) is 26.5. The van der Waals surface area contributed by atoms with E-state index in [0.717, 1.165) is 15.4 Å². The van der Waals surface area contributed by atoms with Crippen molar-refractivity contribution in [2.24, 2.45) is 0 Å². The number of aryl methyl sites for hydroxylation is 1. The summed E-state index contributed by atoms with van der Waals surface area (Å²) in [5.41, 5.74) is 2.55. The molecule has 0 fully saturated rings. The molecule has 8 nitrogen and oxygen atoms in total. The number of methoxy groups -OCH3 is 1. The number of anilines is 1. The number of carbonyl (C=O) groups excluding carboxylic acids is 2. The molecule has 242 valence electrons. The van der Waals surface area contributed by atoms with E-state index in [4.69, 9.17) is 16.3 Å². The van der Waals surface area contributed by atoms with Crippen LogP contribution in [0.1, 0.15) is 37.0 Å². The zero-order valence-corrected chi connectivity index (χ0v) is 28.1. The van der Waals surface area contributed by atoms with Crippen molar-refractivity contribution in [1.82, 2.24) is 10.2 Å². The van der Waals surface area contributed by atoms with Crippen molar-refractivity contribution in [2.45, 2.75) is 57.1 Å². The van der Waals surface area contributed by atoms with Crippen LogP contribution in [0.5, 0.6) is 5.75 Å². The molecule has 0 aliphatic rings. The summed E-state index contributed by atoms with van der Waals surface area (Å²) >= 11 is 6.57. The van der Waals surface area contributed by atoms with Crippen molar-refractivity contribution in [1.29, 1.82) is 0 Å². The van der Waals surface area contributed by atoms with Gasteiger partial charge in [-0.1, -0.05) is 96.9 Å². The Kier molecular flexibility index (Phi) is 11.8. The van der Waals surface area contributed by atoms with Crippen LogP contribution in [0.25, 0.3) is 0 Å². The van der Waals surface area contributed by atoms with Gasteiger partial charge in [-0.15, -0.1) is 0 Å². The van der Waals surface area contributed by atoms with Crippen LogP contribution >= 0.6 is 11.6 Å². The van der Waals surface area contributed by atoms with E-state index in [1.165, 1.54) is 24.1 Å². The first kappa shape index (κ1) is 34.5. The van der Waals surface area contributed by atoms with Gasteiger partial charge in [0.05, 0.1) is 17.7 Å². The van der Waals surface area contributed by atoms with E-state index in [1.807, 2.05) is 51.1 Å². The van der Waals surface area contributed by atoms with Crippen LogP contribution in [-0.2, 0) is 32.6 Å². The van der Waals surface area contributed by atoms with Gasteiger partial charge in [-0.3, -0.25) is 13.9 Å². The molecule has 2 atom stereocenters. The average molecular weight is 662 g/mol. The molecule has 0 aliphatic heterocycles. The zero-order chi connectivity index (χ0) is 33.3. The number of hydrogen-bond donors (Lipinski definition) is 1. The molecule has 0 unspecified atom stereocenters. The molecule has 46 heavy (non-hydrogen) atoms. The number of sulfonamides is 1. The molecule has 4 rings (SSSR count). The Balaban J connectivity index is 1.84. The predicted molar refractivity (Wildman–Crippen MR) is 183 cm³/mol. The lowest BCUT2D eigenvalue weighted by Crippen LogP contribution is -2.54. The van der Waals surface area contributed by atoms with Gasteiger partial charge in [0.25, 0.3) is 10.0 Å². The molecule has 1 N–H and O–H groups in total. The minimum atomic E-state index is -4.26. The monoisotopic (exact) mass is 661 g/mol. The number of nitrogens with zero attached hydrogens (tertiary/aromatic N) is 2. The van der Waals surface area contributed by atoms with Crippen molar-refractivity contribution in [3.63, 3.8) is 0 Å². The van der Waals surface area contributed by atoms with Crippen LogP contribution in [0.4, 0.5) is 5.69 Å². The highest BCUT2D eigenvalue weighted by Gasteiger charge is 2.36. The fraction of sp³-hybridized carbons (Fsp3) is 0.278. The summed E-state index contributed by atoms with van der Waals surface area (Å²) in [6, 6.07) is 28.4. The third-order valence-corrected chi connectivity index (χ3v) is 9.96. The van der Waals surface area contributed by atoms with Gasteiger partial charge in [0.2, 0.25) is 11.8 Å². The summed E-state index contributed by atoms with van der Waals surface area (Å²) in [4.78, 5) is 30.0. The molecule has 10 heteroatoms. The highest BCUT2D eigenvalue weighted by atomic mass is 35.5. The van der Waals surface area contributed by atoms with Gasteiger partial charge in [0, 0.05) is 24.0 Å². The quantitative estimate of drug-likeness (QED) is 0.169. The average Bonchev–Trinajstić information content (AvgIpc) is 3.06. The number of hydrogen-bond acceptors (Lipinski definition) is 5. The maximum atomic E-state index is 14.6. The summed E-state index contributed by atoms with van der Waals surface area (Å²) in [5.74, 6) is -0.649. The Morgan fingerprint density at radius 1 is 0.891 bits per heavy atom. The minimum Gasteiger partial charge on any atom is -0.495 e. The molecule has 0 bridgehead atoms. The number of benzene rings is 4. The molecule has 2 amide bonds. The second-order valence-corrected chi connectivity index (χ2v) is 13.4. The summed E-state index contributed by atoms with van der Waals surface area (Å²) in [6.45, 7) is 5.11. The van der Waals surface area contributed by atoms with Gasteiger partial charge >= 0.3 is 0 Å². The molecule has 0 aromatic heterocycles. The lowest BCUT2D eigenvalue weighted by Gasteiger charge is -2.34. The van der Waals surface area contributed by atoms with Crippen molar-refractivity contribution in [3.05, 3.63) is 125 Å². The maximum absolute atomic E-state index is 14.6. The number of rotatable bonds is 14. The largest absolute Gasteiger partial charge is 0.495 e. The van der Waals surface area contributed by atoms with E-state index in [9.17, 15) is 18.0 Å². The molecule has 4 aromatic carbocycles. The number of carbonyl (C=O) groups is 2. The Labute approximate surface area is 277 Å². The molecule has 0 heterocycles. The van der Waals surface area contributed by atoms with E-state index < -0.39 is 28.5 Å². The lowest BCUT2D eigenvalue weighted by atomic mass is 10.0. The standard InChI is InChI=1S/C36H40ClN3O5S/c1-5-27(3)38-36(42)33(23-28-13-7-6-8-14-28)39(24-29-15-9-10-16-31(29)37)35(41)25-40(32-17-11-12-18-34(32)45-4)46(43,44)30-21-19-26(2)20-22-30/h6-22,27,33H,5,23-25H2,1-4H3,(H,38,42)/t27-,33+/m0/s1. The van der Waals surface area contributed by atoms with Gasteiger partial charge in [-0.25, -0.2) is 8.42 Å². The van der Waals surface area contributed by atoms with Gasteiger partial charge in [-0.05, 0) is 61.7 Å². The number of nitrogens with one attached hydrogen (secondary N) is 1. The SMILES string of the molecule is CC[C@H](C)NC(=O)[C@@H](Cc1ccccc1)N(Cc1ccccc1Cl)C(=O)CN(c1ccccc1OC)S(=O)(=O)c1ccc(C)cc1. The summed E-state index contributed by atoms with van der Waals surface area (Å²) in [7, 11) is -2.82. The fourth-order valence-electron chi connectivity index (χ4n) is 4.99. The van der Waals surface area contributed by atoms with Crippen molar-refractivity contribution < 1.29 is 22.7 Å². The van der Waals surface area contributed by atoms with E-state index >= 15 is 0 Å². The van der Waals surface area contributed by atoms with Gasteiger partial charge in [0.1, 0.15) is 18.3 Å². The van der Waals surface area contributed by atoms with Gasteiger partial charge in [-0.2, -0.15) is 0 Å². The predicted octanol–water partition coefficient (Wildman–Crippen LogP) is 6.41. The number of halogens is 1. The third kappa shape index (κ3) is 8.47. The van der Waals surface area contributed by atoms with Crippen molar-refractivity contribution >= 4 is 39.1 Å². The first-order valence-electron chi connectivity index (χ1n) is 15.1. The van der Waals surface area contributed by atoms with Crippen molar-refractivity contribution in [2.75, 3.05) is 18.0 Å². The molecule has 0 saturated carbocycles. The Morgan fingerprint density at radius 2 is 1.52 bits per heavy atom. The molecule has 4 aromatic rings. The van der Waals surface area contributed by atoms with E-state index in [1.54, 1.807) is 60.7 Å². The molecule has 0 spiro atoms. The van der Waals surface area contributed by atoms with Gasteiger partial charge in [0.15, 0.2) is 0 Å². The second-order valence-electron chi connectivity index (χ2n) is 11.1. The highest BCUT2D eigenvalue weighted by molar-refractivity contribution is 7.92. The second kappa shape index (κ2) is 15.8. The fourth-order valence-corrected chi connectivity index (χ4v) is 6.61. The Morgan fingerprint density at radius 3 is 2.17 bits per heavy atom. The van der Waals surface area contributed by atoms with E-state index in [0.29, 0.717) is 17.0 Å². The third-order valence-electron chi connectivity index (χ3n) is 7.81. The first-order chi connectivity index (χ1) is 22.0. The first-order valence-corrected chi connectivity index (χ1v) is 17.0. The molecule has 0 saturated heterocycles. The van der Waals surface area contributed by atoms with E-state index in [2.05, 4.69) is 5.32 Å². The Hall–Kier alpha value is -4.34. The number of para-hydroxylation sites is 2. The van der Waals surface area contributed by atoms with Crippen LogP contribution in [0, 0.1) is 6.92 Å². The van der Waals surface area contributed by atoms with Crippen LogP contribution in [0.2, 0.25) is 5.02 Å². The topological polar surface area (TPSA) is 96.0 Å². The van der Waals surface area contributed by atoms with Gasteiger partial charge < -0.3 is 15.0 Å². The lowest BCUT2D eigenvalue weighted by molar-refractivity contribution is -0.140. The summed E-state index contributed by atoms with van der Waals surface area (Å²) in [6.07, 6.45) is 0.900. The smallest absolute Gasteiger partial charge is 0.264 e. The van der Waals surface area contributed by atoms with Crippen LogP contribution < -0.4 is 14.4 Å². The van der Waals surface area contributed by atoms with Crippen LogP contribution in [0.3, 0.4) is 0 Å². The van der Waals surface area contributed by atoms with Crippen LogP contribution in [0.15, 0.2) is 108 Å². The molecular formula is C36H40ClN3O5S. The normalized spacial score (nSPS) is 12.5.